The van der Waals surface area contributed by atoms with Gasteiger partial charge in [0.05, 0.1) is 30.4 Å². The number of nitrogens with one attached hydrogen (secondary N) is 1. The van der Waals surface area contributed by atoms with Crippen molar-refractivity contribution >= 4 is 24.0 Å². The van der Waals surface area contributed by atoms with E-state index in [1.54, 1.807) is 13.8 Å². The highest BCUT2D eigenvalue weighted by atomic mass is 16.7. The number of hydrogen-bond acceptors (Lipinski definition) is 8. The number of carbonyl (C=O) groups excluding carboxylic acids is 2. The molecule has 3 heterocycles. The first-order chi connectivity index (χ1) is 19.0. The summed E-state index contributed by atoms with van der Waals surface area (Å²) in [7, 11) is 0. The maximum Gasteiger partial charge on any atom is 0.338 e. The Morgan fingerprint density at radius 3 is 2.36 bits per heavy atom. The maximum absolute atomic E-state index is 14.0. The average molecular weight is 527 g/mol. The molecule has 0 saturated carbocycles. The van der Waals surface area contributed by atoms with Crippen LogP contribution in [0, 0.1) is 12.8 Å². The Balaban J connectivity index is 1.69. The predicted octanol–water partition coefficient (Wildman–Crippen LogP) is 4.84. The summed E-state index contributed by atoms with van der Waals surface area (Å²) in [5, 5.41) is 3.46. The molecule has 3 aliphatic heterocycles. The van der Waals surface area contributed by atoms with E-state index >= 15 is 0 Å². The van der Waals surface area contributed by atoms with Gasteiger partial charge in [-0.15, -0.1) is 0 Å². The van der Waals surface area contributed by atoms with Crippen molar-refractivity contribution in [3.63, 3.8) is 0 Å². The highest BCUT2D eigenvalue weighted by Gasteiger charge is 2.73. The summed E-state index contributed by atoms with van der Waals surface area (Å²) in [5.41, 5.74) is 2.13. The summed E-state index contributed by atoms with van der Waals surface area (Å²) in [4.78, 5) is 32.5. The molecule has 1 fully saturated rings. The third-order valence-corrected chi connectivity index (χ3v) is 7.82. The van der Waals surface area contributed by atoms with Crippen LogP contribution in [0.1, 0.15) is 48.1 Å². The van der Waals surface area contributed by atoms with E-state index in [-0.39, 0.29) is 13.2 Å². The van der Waals surface area contributed by atoms with Gasteiger partial charge in [-0.25, -0.2) is 14.6 Å². The first-order valence-corrected chi connectivity index (χ1v) is 13.2. The maximum atomic E-state index is 14.0. The number of carbonyl (C=O) groups is 2. The summed E-state index contributed by atoms with van der Waals surface area (Å²) < 4.78 is 24.4. The number of nitrogens with zero attached hydrogens (tertiary/aromatic N) is 1. The van der Waals surface area contributed by atoms with Crippen molar-refractivity contribution in [1.82, 2.24) is 5.32 Å². The van der Waals surface area contributed by atoms with E-state index in [9.17, 15) is 9.59 Å². The first-order valence-electron chi connectivity index (χ1n) is 13.2. The smallest absolute Gasteiger partial charge is 0.338 e. The summed E-state index contributed by atoms with van der Waals surface area (Å²) in [6, 6.07) is 22.4. The molecule has 1 N–H and O–H groups in total. The molecule has 1 spiro atoms. The van der Waals surface area contributed by atoms with Crippen LogP contribution < -0.4 is 10.1 Å². The van der Waals surface area contributed by atoms with Crippen molar-refractivity contribution in [3.05, 3.63) is 95.1 Å². The Labute approximate surface area is 226 Å². The molecule has 0 aliphatic carbocycles. The predicted molar refractivity (Wildman–Crippen MR) is 144 cm³/mol. The largest absolute Gasteiger partial charge is 0.464 e. The van der Waals surface area contributed by atoms with Gasteiger partial charge in [0.1, 0.15) is 5.75 Å². The van der Waals surface area contributed by atoms with Gasteiger partial charge in [0.15, 0.2) is 6.40 Å². The fourth-order valence-electron chi connectivity index (χ4n) is 6.34. The second-order valence-corrected chi connectivity index (χ2v) is 9.97. The van der Waals surface area contributed by atoms with E-state index in [1.807, 2.05) is 79.7 Å². The van der Waals surface area contributed by atoms with Crippen LogP contribution in [0.2, 0.25) is 0 Å². The van der Waals surface area contributed by atoms with Gasteiger partial charge in [-0.1, -0.05) is 60.2 Å². The van der Waals surface area contributed by atoms with Gasteiger partial charge in [0, 0.05) is 17.5 Å². The van der Waals surface area contributed by atoms with E-state index in [2.05, 4.69) is 10.3 Å². The van der Waals surface area contributed by atoms with Crippen molar-refractivity contribution in [1.29, 1.82) is 0 Å². The van der Waals surface area contributed by atoms with Gasteiger partial charge in [0.25, 0.3) is 5.79 Å². The Hall–Kier alpha value is -4.17. The standard InChI is InChI=1S/C31H30N2O6/c1-4-36-28(34)30(29(35)37-5-2)25(20-11-7-6-8-12-20)26-27(33-30)21-17-19(3)15-16-24(21)39-31(26)22-13-9-10-14-23(22)32-18-38-31/h6-18,25-27,33H,4-5H2,1-3H3/t25-,26-,27-,31+/m1/s1. The van der Waals surface area contributed by atoms with Crippen LogP contribution in [0.25, 0.3) is 0 Å². The number of para-hydroxylation sites is 1. The Kier molecular flexibility index (Phi) is 6.14. The van der Waals surface area contributed by atoms with Gasteiger partial charge in [-0.05, 0) is 44.5 Å². The Morgan fingerprint density at radius 1 is 0.949 bits per heavy atom. The quantitative estimate of drug-likeness (QED) is 0.376. The summed E-state index contributed by atoms with van der Waals surface area (Å²) in [6.45, 7) is 5.63. The van der Waals surface area contributed by atoms with Crippen LogP contribution >= 0.6 is 0 Å². The van der Waals surface area contributed by atoms with Gasteiger partial charge < -0.3 is 18.9 Å². The molecule has 3 aromatic rings. The molecule has 3 aromatic carbocycles. The van der Waals surface area contributed by atoms with Gasteiger partial charge in [0.2, 0.25) is 5.54 Å². The summed E-state index contributed by atoms with van der Waals surface area (Å²) in [6.07, 6.45) is 1.38. The molecule has 0 amide bonds. The van der Waals surface area contributed by atoms with Crippen LogP contribution in [0.3, 0.4) is 0 Å². The molecule has 4 atom stereocenters. The van der Waals surface area contributed by atoms with Crippen molar-refractivity contribution in [2.24, 2.45) is 10.9 Å². The highest BCUT2D eigenvalue weighted by molar-refractivity contribution is 6.07. The molecular weight excluding hydrogens is 496 g/mol. The minimum atomic E-state index is -1.86. The molecule has 8 nitrogen and oxygen atoms in total. The lowest BCUT2D eigenvalue weighted by Gasteiger charge is -2.48. The van der Waals surface area contributed by atoms with E-state index in [0.29, 0.717) is 17.0 Å². The van der Waals surface area contributed by atoms with Crippen molar-refractivity contribution in [2.75, 3.05) is 13.2 Å². The zero-order valence-corrected chi connectivity index (χ0v) is 22.0. The van der Waals surface area contributed by atoms with Crippen molar-refractivity contribution < 1.29 is 28.5 Å². The molecule has 0 bridgehead atoms. The summed E-state index contributed by atoms with van der Waals surface area (Å²) >= 11 is 0. The van der Waals surface area contributed by atoms with Crippen LogP contribution in [-0.4, -0.2) is 37.1 Å². The SMILES string of the molecule is CCOC(=O)C1(C(=O)OCC)N[C@@H]2c3cc(C)ccc3O[C@]3(OC=Nc4ccccc43)[C@@H]2[C@H]1c1ccccc1. The molecule has 6 rings (SSSR count). The number of hydrogen-bond donors (Lipinski definition) is 1. The fourth-order valence-corrected chi connectivity index (χ4v) is 6.34. The zero-order chi connectivity index (χ0) is 27.2. The number of benzene rings is 3. The van der Waals surface area contributed by atoms with Gasteiger partial charge in [-0.3, -0.25) is 5.32 Å². The molecule has 0 unspecified atom stereocenters. The third-order valence-electron chi connectivity index (χ3n) is 7.82. The zero-order valence-electron chi connectivity index (χ0n) is 22.0. The number of esters is 2. The lowest BCUT2D eigenvalue weighted by Crippen LogP contribution is -2.60. The van der Waals surface area contributed by atoms with E-state index in [0.717, 1.165) is 16.7 Å². The van der Waals surface area contributed by atoms with Crippen LogP contribution in [-0.2, 0) is 29.6 Å². The second-order valence-electron chi connectivity index (χ2n) is 9.97. The van der Waals surface area contributed by atoms with E-state index in [1.165, 1.54) is 6.40 Å². The number of fused-ring (bicyclic) bond motifs is 6. The average Bonchev–Trinajstić information content (AvgIpc) is 3.33. The third kappa shape index (κ3) is 3.66. The number of aliphatic imine (C=N–C) groups is 1. The normalized spacial score (nSPS) is 25.5. The van der Waals surface area contributed by atoms with Crippen molar-refractivity contribution in [2.45, 2.75) is 44.1 Å². The van der Waals surface area contributed by atoms with Gasteiger partial charge in [-0.2, -0.15) is 0 Å². The minimum absolute atomic E-state index is 0.0990. The molecule has 3 aliphatic rings. The van der Waals surface area contributed by atoms with Gasteiger partial charge >= 0.3 is 11.9 Å². The molecular formula is C31H30N2O6. The first kappa shape index (κ1) is 25.1. The van der Waals surface area contributed by atoms with Crippen LogP contribution in [0.15, 0.2) is 77.8 Å². The Bertz CT molecular complexity index is 1440. The molecule has 0 aromatic heterocycles. The molecule has 1 saturated heterocycles. The molecule has 0 radical (unpaired) electrons. The molecule has 39 heavy (non-hydrogen) atoms. The van der Waals surface area contributed by atoms with Crippen LogP contribution in [0.5, 0.6) is 5.75 Å². The van der Waals surface area contributed by atoms with Crippen LogP contribution in [0.4, 0.5) is 5.69 Å². The van der Waals surface area contributed by atoms with E-state index < -0.39 is 41.1 Å². The fraction of sp³-hybridized carbons (Fsp3) is 0.323. The minimum Gasteiger partial charge on any atom is -0.464 e. The number of aryl methyl sites for hydroxylation is 1. The molecule has 8 heteroatoms. The topological polar surface area (TPSA) is 95.5 Å². The van der Waals surface area contributed by atoms with E-state index in [4.69, 9.17) is 18.9 Å². The lowest BCUT2D eigenvalue weighted by molar-refractivity contribution is -0.192. The number of ether oxygens (including phenoxy) is 4. The highest BCUT2D eigenvalue weighted by Crippen LogP contribution is 2.63. The monoisotopic (exact) mass is 526 g/mol. The van der Waals surface area contributed by atoms with Crippen molar-refractivity contribution in [3.8, 4) is 5.75 Å². The Morgan fingerprint density at radius 2 is 1.64 bits per heavy atom. The molecule has 200 valence electrons. The lowest BCUT2D eigenvalue weighted by atomic mass is 9.67. The summed E-state index contributed by atoms with van der Waals surface area (Å²) in [5.74, 6) is -3.59. The second kappa shape index (κ2) is 9.54. The number of rotatable bonds is 5.